The van der Waals surface area contributed by atoms with E-state index in [1.54, 1.807) is 6.07 Å². The Morgan fingerprint density at radius 1 is 0.929 bits per heavy atom. The van der Waals surface area contributed by atoms with Crippen molar-refractivity contribution in [1.82, 2.24) is 14.5 Å². The number of methoxy groups -OCH3 is 1. The second-order valence-electron chi connectivity index (χ2n) is 11.4. The predicted octanol–water partition coefficient (Wildman–Crippen LogP) is 8.52. The fourth-order valence-electron chi connectivity index (χ4n) is 6.28. The number of nitrogens with zero attached hydrogens (tertiary/aromatic N) is 4. The maximum Gasteiger partial charge on any atom is 0.315 e. The summed E-state index contributed by atoms with van der Waals surface area (Å²) in [6.45, 7) is 5.10. The van der Waals surface area contributed by atoms with E-state index in [9.17, 15) is 10.1 Å². The molecule has 0 radical (unpaired) electrons. The van der Waals surface area contributed by atoms with Crippen molar-refractivity contribution in [3.8, 4) is 28.4 Å². The van der Waals surface area contributed by atoms with E-state index in [0.717, 1.165) is 54.3 Å². The smallest absolute Gasteiger partial charge is 0.315 e. The normalized spacial score (nSPS) is 13.9. The monoisotopic (exact) mass is 566 g/mol. The summed E-state index contributed by atoms with van der Waals surface area (Å²) in [7, 11) is 1.50. The van der Waals surface area contributed by atoms with Crippen LogP contribution in [-0.2, 0) is 19.6 Å². The van der Waals surface area contributed by atoms with Crippen LogP contribution in [0.15, 0.2) is 78.9 Å². The number of para-hydroxylation sites is 1. The van der Waals surface area contributed by atoms with Crippen LogP contribution in [0.3, 0.4) is 0 Å². The van der Waals surface area contributed by atoms with Crippen molar-refractivity contribution in [3.05, 3.63) is 100 Å². The van der Waals surface area contributed by atoms with Crippen molar-refractivity contribution < 1.29 is 9.66 Å². The molecule has 0 atom stereocenters. The predicted molar refractivity (Wildman–Crippen MR) is 168 cm³/mol. The molecule has 7 heteroatoms. The van der Waals surface area contributed by atoms with E-state index in [4.69, 9.17) is 9.72 Å². The minimum Gasteiger partial charge on any atom is -0.490 e. The highest BCUT2D eigenvalue weighted by Gasteiger charge is 2.27. The van der Waals surface area contributed by atoms with Crippen molar-refractivity contribution in [2.24, 2.45) is 5.92 Å². The third-order valence-electron chi connectivity index (χ3n) is 8.38. The molecule has 4 aromatic rings. The molecule has 1 aliphatic rings. The van der Waals surface area contributed by atoms with Gasteiger partial charge in [-0.1, -0.05) is 105 Å². The second-order valence-corrected chi connectivity index (χ2v) is 11.4. The third kappa shape index (κ3) is 6.90. The number of unbranched alkanes of at least 4 members (excludes halogenated alkanes) is 1. The molecule has 5 rings (SSSR count). The molecule has 0 aliphatic heterocycles. The van der Waals surface area contributed by atoms with E-state index in [1.807, 2.05) is 24.3 Å². The Kier molecular flexibility index (Phi) is 10.0. The molecule has 1 fully saturated rings. The van der Waals surface area contributed by atoms with Crippen LogP contribution in [0.4, 0.5) is 5.69 Å². The Hall–Kier alpha value is -3.97. The first-order chi connectivity index (χ1) is 20.6. The number of ether oxygens (including phenoxy) is 1. The maximum atomic E-state index is 12.2. The molecular formula is C35H42N4O3. The molecule has 220 valence electrons. The summed E-state index contributed by atoms with van der Waals surface area (Å²) in [5.41, 5.74) is 5.07. The Labute approximate surface area is 249 Å². The highest BCUT2D eigenvalue weighted by molar-refractivity contribution is 5.68. The molecule has 1 aliphatic carbocycles. The van der Waals surface area contributed by atoms with Gasteiger partial charge in [-0.25, -0.2) is 4.98 Å². The van der Waals surface area contributed by atoms with Crippen molar-refractivity contribution in [3.63, 3.8) is 0 Å². The van der Waals surface area contributed by atoms with Crippen LogP contribution in [0.5, 0.6) is 5.75 Å². The molecule has 0 saturated heterocycles. The molecule has 0 amide bonds. The number of hydrogen-bond donors (Lipinski definition) is 0. The van der Waals surface area contributed by atoms with Gasteiger partial charge in [0.15, 0.2) is 5.75 Å². The van der Waals surface area contributed by atoms with Crippen molar-refractivity contribution in [2.45, 2.75) is 71.5 Å². The van der Waals surface area contributed by atoms with Gasteiger partial charge in [-0.15, -0.1) is 0 Å². The van der Waals surface area contributed by atoms with Gasteiger partial charge >= 0.3 is 5.69 Å². The summed E-state index contributed by atoms with van der Waals surface area (Å²) in [5, 5.41) is 12.2. The average molecular weight is 567 g/mol. The first kappa shape index (κ1) is 29.5. The van der Waals surface area contributed by atoms with Gasteiger partial charge in [0.1, 0.15) is 5.82 Å². The fraction of sp³-hybridized carbons (Fsp3) is 0.400. The highest BCUT2D eigenvalue weighted by Crippen LogP contribution is 2.35. The maximum absolute atomic E-state index is 12.2. The van der Waals surface area contributed by atoms with Gasteiger partial charge in [0.05, 0.1) is 23.4 Å². The van der Waals surface area contributed by atoms with Crippen LogP contribution in [0.2, 0.25) is 0 Å². The summed E-state index contributed by atoms with van der Waals surface area (Å²) in [6.07, 6.45) is 8.31. The molecule has 0 spiro atoms. The number of rotatable bonds is 13. The van der Waals surface area contributed by atoms with Gasteiger partial charge < -0.3 is 9.30 Å². The molecule has 1 heterocycles. The number of nitro benzene ring substituents is 1. The number of nitro groups is 1. The molecular weight excluding hydrogens is 524 g/mol. The highest BCUT2D eigenvalue weighted by atomic mass is 16.6. The largest absolute Gasteiger partial charge is 0.490 e. The Balaban J connectivity index is 1.61. The van der Waals surface area contributed by atoms with Gasteiger partial charge in [0, 0.05) is 42.9 Å². The number of benzene rings is 3. The standard InChI is InChI=1S/C35H42N4O3/c1-3-4-23-38-31(33(28-17-10-6-11-18-28)36-35(38)29-19-12-7-13-20-29)26-37(24-27-15-8-5-9-16-27)25-30-21-14-22-32(42-2)34(30)39(40)41/h6-7,10-14,17-22,27H,3-5,8-9,15-16,23-26H2,1-2H3. The zero-order valence-electron chi connectivity index (χ0n) is 24.9. The molecule has 0 bridgehead atoms. The van der Waals surface area contributed by atoms with Crippen LogP contribution in [0.25, 0.3) is 22.6 Å². The van der Waals surface area contributed by atoms with E-state index in [0.29, 0.717) is 30.3 Å². The van der Waals surface area contributed by atoms with Crippen molar-refractivity contribution >= 4 is 5.69 Å². The van der Waals surface area contributed by atoms with Crippen LogP contribution in [0.1, 0.15) is 63.1 Å². The lowest BCUT2D eigenvalue weighted by atomic mass is 9.88. The van der Waals surface area contributed by atoms with Gasteiger partial charge in [0.25, 0.3) is 0 Å². The van der Waals surface area contributed by atoms with Crippen molar-refractivity contribution in [2.75, 3.05) is 13.7 Å². The van der Waals surface area contributed by atoms with E-state index in [1.165, 1.54) is 39.2 Å². The van der Waals surface area contributed by atoms with Crippen LogP contribution >= 0.6 is 0 Å². The molecule has 1 saturated carbocycles. The summed E-state index contributed by atoms with van der Waals surface area (Å²) in [5.74, 6) is 1.85. The molecule has 42 heavy (non-hydrogen) atoms. The average Bonchev–Trinajstić information content (AvgIpc) is 3.38. The topological polar surface area (TPSA) is 73.4 Å². The van der Waals surface area contributed by atoms with E-state index in [-0.39, 0.29) is 10.6 Å². The summed E-state index contributed by atoms with van der Waals surface area (Å²) >= 11 is 0. The van der Waals surface area contributed by atoms with Crippen molar-refractivity contribution in [1.29, 1.82) is 0 Å². The minimum absolute atomic E-state index is 0.0568. The lowest BCUT2D eigenvalue weighted by Crippen LogP contribution is -2.31. The number of hydrogen-bond acceptors (Lipinski definition) is 5. The lowest BCUT2D eigenvalue weighted by Gasteiger charge is -2.30. The SMILES string of the molecule is CCCCn1c(-c2ccccc2)nc(-c2ccccc2)c1CN(Cc1cccc(OC)c1[N+](=O)[O-])CC1CCCCC1. The quantitative estimate of drug-likeness (QED) is 0.120. The molecule has 1 aromatic heterocycles. The first-order valence-corrected chi connectivity index (χ1v) is 15.3. The second kappa shape index (κ2) is 14.3. The molecule has 7 nitrogen and oxygen atoms in total. The Morgan fingerprint density at radius 2 is 1.62 bits per heavy atom. The Morgan fingerprint density at radius 3 is 2.26 bits per heavy atom. The van der Waals surface area contributed by atoms with Gasteiger partial charge in [-0.05, 0) is 31.2 Å². The third-order valence-corrected chi connectivity index (χ3v) is 8.38. The molecule has 3 aromatic carbocycles. The van der Waals surface area contributed by atoms with Gasteiger partial charge in [0.2, 0.25) is 0 Å². The van der Waals surface area contributed by atoms with Crippen LogP contribution in [0, 0.1) is 16.0 Å². The lowest BCUT2D eigenvalue weighted by molar-refractivity contribution is -0.386. The zero-order chi connectivity index (χ0) is 29.3. The van der Waals surface area contributed by atoms with E-state index >= 15 is 0 Å². The van der Waals surface area contributed by atoms with Crippen LogP contribution < -0.4 is 4.74 Å². The molecule has 0 unspecified atom stereocenters. The molecule has 0 N–H and O–H groups in total. The summed E-state index contributed by atoms with van der Waals surface area (Å²) in [6, 6.07) is 26.2. The fourth-order valence-corrected chi connectivity index (χ4v) is 6.28. The van der Waals surface area contributed by atoms with Crippen LogP contribution in [-0.4, -0.2) is 33.0 Å². The number of imidazole rings is 1. The Bertz CT molecular complexity index is 1450. The summed E-state index contributed by atoms with van der Waals surface area (Å²) < 4.78 is 7.81. The first-order valence-electron chi connectivity index (χ1n) is 15.3. The van der Waals surface area contributed by atoms with Gasteiger partial charge in [-0.3, -0.25) is 15.0 Å². The van der Waals surface area contributed by atoms with Gasteiger partial charge in [-0.2, -0.15) is 0 Å². The summed E-state index contributed by atoms with van der Waals surface area (Å²) in [4.78, 5) is 19.6. The van der Waals surface area contributed by atoms with E-state index in [2.05, 4.69) is 64.9 Å². The number of aromatic nitrogens is 2. The van der Waals surface area contributed by atoms with E-state index < -0.39 is 0 Å². The minimum atomic E-state index is -0.304. The zero-order valence-corrected chi connectivity index (χ0v) is 24.9.